The van der Waals surface area contributed by atoms with E-state index in [2.05, 4.69) is 15.4 Å². The van der Waals surface area contributed by atoms with Crippen LogP contribution < -0.4 is 5.32 Å². The number of rotatable bonds is 3. The average molecular weight is 202 g/mol. The van der Waals surface area contributed by atoms with Gasteiger partial charge in [-0.25, -0.2) is 4.68 Å². The van der Waals surface area contributed by atoms with Crippen molar-refractivity contribution in [2.75, 3.05) is 7.05 Å². The minimum atomic E-state index is 0.816. The predicted octanol–water partition coefficient (Wildman–Crippen LogP) is 1.30. The normalized spacial score (nSPS) is 10.5. The maximum atomic E-state index is 4.28. The van der Waals surface area contributed by atoms with Gasteiger partial charge in [-0.1, -0.05) is 0 Å². The first-order chi connectivity index (χ1) is 7.31. The second-order valence-corrected chi connectivity index (χ2v) is 3.50. The molecule has 0 unspecified atom stereocenters. The van der Waals surface area contributed by atoms with Crippen LogP contribution in [0.4, 0.5) is 0 Å². The van der Waals surface area contributed by atoms with E-state index in [-0.39, 0.29) is 0 Å². The number of hydrogen-bond acceptors (Lipinski definition) is 3. The fourth-order valence-electron chi connectivity index (χ4n) is 1.51. The molecule has 4 nitrogen and oxygen atoms in total. The molecule has 0 radical (unpaired) electrons. The number of hydrogen-bond donors (Lipinski definition) is 1. The lowest BCUT2D eigenvalue weighted by molar-refractivity contribution is 0.784. The lowest BCUT2D eigenvalue weighted by Gasteiger charge is -2.07. The van der Waals surface area contributed by atoms with E-state index in [4.69, 9.17) is 0 Å². The lowest BCUT2D eigenvalue weighted by Crippen LogP contribution is -2.09. The van der Waals surface area contributed by atoms with Gasteiger partial charge in [-0.3, -0.25) is 4.98 Å². The van der Waals surface area contributed by atoms with E-state index in [1.54, 1.807) is 6.20 Å². The maximum absolute atomic E-state index is 4.28. The minimum Gasteiger partial charge on any atom is -0.316 e. The molecule has 0 saturated carbocycles. The van der Waals surface area contributed by atoms with Gasteiger partial charge in [0.05, 0.1) is 18.1 Å². The van der Waals surface area contributed by atoms with Gasteiger partial charge in [0.15, 0.2) is 0 Å². The molecule has 2 aromatic rings. The van der Waals surface area contributed by atoms with Crippen molar-refractivity contribution in [2.24, 2.45) is 0 Å². The first-order valence-corrected chi connectivity index (χ1v) is 4.90. The van der Waals surface area contributed by atoms with Crippen molar-refractivity contribution >= 4 is 0 Å². The third kappa shape index (κ3) is 2.05. The van der Waals surface area contributed by atoms with Crippen molar-refractivity contribution in [1.82, 2.24) is 20.1 Å². The summed E-state index contributed by atoms with van der Waals surface area (Å²) in [6, 6.07) is 2.00. The van der Waals surface area contributed by atoms with Gasteiger partial charge in [0.1, 0.15) is 0 Å². The Morgan fingerprint density at radius 3 is 2.93 bits per heavy atom. The van der Waals surface area contributed by atoms with E-state index in [1.165, 1.54) is 5.56 Å². The van der Waals surface area contributed by atoms with Gasteiger partial charge >= 0.3 is 0 Å². The molecule has 0 spiro atoms. The summed E-state index contributed by atoms with van der Waals surface area (Å²) >= 11 is 0. The molecule has 0 aromatic carbocycles. The summed E-state index contributed by atoms with van der Waals surface area (Å²) in [5.41, 5.74) is 3.37. The summed E-state index contributed by atoms with van der Waals surface area (Å²) in [6.45, 7) is 2.84. The number of pyridine rings is 1. The highest BCUT2D eigenvalue weighted by Gasteiger charge is 2.04. The summed E-state index contributed by atoms with van der Waals surface area (Å²) in [5, 5.41) is 7.41. The molecule has 0 aliphatic heterocycles. The Labute approximate surface area is 89.0 Å². The van der Waals surface area contributed by atoms with E-state index in [9.17, 15) is 0 Å². The highest BCUT2D eigenvalue weighted by atomic mass is 15.3. The zero-order valence-corrected chi connectivity index (χ0v) is 8.94. The van der Waals surface area contributed by atoms with Crippen LogP contribution >= 0.6 is 0 Å². The first-order valence-electron chi connectivity index (χ1n) is 4.90. The Hall–Kier alpha value is -1.68. The van der Waals surface area contributed by atoms with Gasteiger partial charge in [0, 0.05) is 18.9 Å². The molecule has 4 heteroatoms. The molecule has 2 aromatic heterocycles. The molecule has 0 amide bonds. The van der Waals surface area contributed by atoms with E-state index < -0.39 is 0 Å². The second kappa shape index (κ2) is 4.23. The Balaban J connectivity index is 2.42. The molecule has 0 aliphatic rings. The molecule has 2 heterocycles. The zero-order chi connectivity index (χ0) is 10.7. The quantitative estimate of drug-likeness (QED) is 0.815. The third-order valence-corrected chi connectivity index (χ3v) is 2.21. The van der Waals surface area contributed by atoms with Crippen molar-refractivity contribution in [2.45, 2.75) is 13.5 Å². The van der Waals surface area contributed by atoms with Gasteiger partial charge in [0.2, 0.25) is 0 Å². The summed E-state index contributed by atoms with van der Waals surface area (Å²) in [7, 11) is 1.93. The van der Waals surface area contributed by atoms with Crippen LogP contribution in [0.2, 0.25) is 0 Å². The van der Waals surface area contributed by atoms with Gasteiger partial charge in [-0.2, -0.15) is 5.10 Å². The molecule has 0 saturated heterocycles. The fourth-order valence-corrected chi connectivity index (χ4v) is 1.51. The molecule has 0 bridgehead atoms. The van der Waals surface area contributed by atoms with Crippen LogP contribution in [0.3, 0.4) is 0 Å². The largest absolute Gasteiger partial charge is 0.316 e. The van der Waals surface area contributed by atoms with Gasteiger partial charge in [-0.05, 0) is 31.2 Å². The third-order valence-electron chi connectivity index (χ3n) is 2.21. The molecular weight excluding hydrogens is 188 g/mol. The Kier molecular flexibility index (Phi) is 2.78. The van der Waals surface area contributed by atoms with Gasteiger partial charge in [0.25, 0.3) is 0 Å². The number of nitrogens with one attached hydrogen (secondary N) is 1. The van der Waals surface area contributed by atoms with E-state index in [0.717, 1.165) is 17.8 Å². The summed E-state index contributed by atoms with van der Waals surface area (Å²) < 4.78 is 1.86. The van der Waals surface area contributed by atoms with Crippen LogP contribution in [0.25, 0.3) is 5.69 Å². The summed E-state index contributed by atoms with van der Waals surface area (Å²) in [5.74, 6) is 0. The van der Waals surface area contributed by atoms with Gasteiger partial charge < -0.3 is 5.32 Å². The predicted molar refractivity (Wildman–Crippen MR) is 58.9 cm³/mol. The highest BCUT2D eigenvalue weighted by molar-refractivity contribution is 5.37. The van der Waals surface area contributed by atoms with Crippen molar-refractivity contribution in [1.29, 1.82) is 0 Å². The van der Waals surface area contributed by atoms with Crippen molar-refractivity contribution in [3.05, 3.63) is 42.0 Å². The van der Waals surface area contributed by atoms with Gasteiger partial charge in [-0.15, -0.1) is 0 Å². The van der Waals surface area contributed by atoms with Crippen LogP contribution in [0, 0.1) is 6.92 Å². The van der Waals surface area contributed by atoms with Crippen LogP contribution in [-0.2, 0) is 6.54 Å². The van der Waals surface area contributed by atoms with Crippen LogP contribution in [-0.4, -0.2) is 21.8 Å². The molecular formula is C11H14N4. The first kappa shape index (κ1) is 9.86. The number of nitrogens with zero attached hydrogens (tertiary/aromatic N) is 3. The molecule has 0 aliphatic carbocycles. The Morgan fingerprint density at radius 2 is 2.27 bits per heavy atom. The highest BCUT2D eigenvalue weighted by Crippen LogP contribution is 2.12. The standard InChI is InChI=1S/C11H14N4/c1-9-5-14-15(8-9)11-7-13-4-3-10(11)6-12-2/h3-5,7-8,12H,6H2,1-2H3. The summed E-state index contributed by atoms with van der Waals surface area (Å²) in [4.78, 5) is 4.12. The van der Waals surface area contributed by atoms with Crippen molar-refractivity contribution in [3.8, 4) is 5.69 Å². The lowest BCUT2D eigenvalue weighted by atomic mass is 10.2. The minimum absolute atomic E-state index is 0.816. The number of aromatic nitrogens is 3. The molecule has 0 atom stereocenters. The van der Waals surface area contributed by atoms with Crippen molar-refractivity contribution < 1.29 is 0 Å². The maximum Gasteiger partial charge on any atom is 0.0873 e. The smallest absolute Gasteiger partial charge is 0.0873 e. The second-order valence-electron chi connectivity index (χ2n) is 3.50. The monoisotopic (exact) mass is 202 g/mol. The van der Waals surface area contributed by atoms with Crippen LogP contribution in [0.15, 0.2) is 30.9 Å². The van der Waals surface area contributed by atoms with Crippen LogP contribution in [0.1, 0.15) is 11.1 Å². The van der Waals surface area contributed by atoms with E-state index in [0.29, 0.717) is 0 Å². The molecule has 1 N–H and O–H groups in total. The Bertz CT molecular complexity index is 447. The molecule has 2 rings (SSSR count). The van der Waals surface area contributed by atoms with Crippen LogP contribution in [0.5, 0.6) is 0 Å². The molecule has 0 fully saturated rings. The van der Waals surface area contributed by atoms with E-state index >= 15 is 0 Å². The molecule has 78 valence electrons. The van der Waals surface area contributed by atoms with E-state index in [1.807, 2.05) is 43.3 Å². The fraction of sp³-hybridized carbons (Fsp3) is 0.273. The Morgan fingerprint density at radius 1 is 1.40 bits per heavy atom. The topological polar surface area (TPSA) is 42.7 Å². The zero-order valence-electron chi connectivity index (χ0n) is 8.94. The number of aryl methyl sites for hydroxylation is 1. The van der Waals surface area contributed by atoms with Crippen molar-refractivity contribution in [3.63, 3.8) is 0 Å². The SMILES string of the molecule is CNCc1ccncc1-n1cc(C)cn1. The molecule has 15 heavy (non-hydrogen) atoms. The average Bonchev–Trinajstić information content (AvgIpc) is 2.66. The summed E-state index contributed by atoms with van der Waals surface area (Å²) in [6.07, 6.45) is 7.47.